The Morgan fingerprint density at radius 2 is 2.16 bits per heavy atom. The first-order chi connectivity index (χ1) is 8.84. The third-order valence-corrected chi connectivity index (χ3v) is 4.39. The average molecular weight is 285 g/mol. The largest absolute Gasteiger partial charge is 0.309 e. The number of aryl methyl sites for hydroxylation is 2. The number of hydrogen-bond donors (Lipinski definition) is 1. The molecule has 1 saturated heterocycles. The fourth-order valence-electron chi connectivity index (χ4n) is 2.67. The molecule has 1 aromatic rings. The highest BCUT2D eigenvalue weighted by atomic mass is 35.5. The Balaban J connectivity index is 2.18. The maximum Gasteiger partial charge on any atom is 0.0863 e. The van der Waals surface area contributed by atoms with Gasteiger partial charge in [0.15, 0.2) is 0 Å². The quantitative estimate of drug-likeness (QED) is 0.924. The number of halogens is 1. The molecular weight excluding hydrogens is 260 g/mol. The molecule has 0 amide bonds. The van der Waals surface area contributed by atoms with Gasteiger partial charge in [0.25, 0.3) is 0 Å². The minimum Gasteiger partial charge on any atom is -0.309 e. The van der Waals surface area contributed by atoms with E-state index in [1.807, 2.05) is 11.7 Å². The number of rotatable bonds is 3. The van der Waals surface area contributed by atoms with Crippen molar-refractivity contribution in [1.82, 2.24) is 20.0 Å². The molecule has 108 valence electrons. The summed E-state index contributed by atoms with van der Waals surface area (Å²) in [6, 6.07) is 0.518. The van der Waals surface area contributed by atoms with Crippen LogP contribution < -0.4 is 5.32 Å². The zero-order valence-electron chi connectivity index (χ0n) is 12.6. The third kappa shape index (κ3) is 3.12. The molecule has 0 aliphatic carbocycles. The highest BCUT2D eigenvalue weighted by Gasteiger charge is 2.31. The standard InChI is InChI=1S/C14H25ClN4/c1-6-11-13(15)12(18(5)17-11)8-19-9-14(3,4)16-7-10(19)2/h10,16H,6-9H2,1-5H3. The Hall–Kier alpha value is -0.580. The van der Waals surface area contributed by atoms with Crippen molar-refractivity contribution < 1.29 is 0 Å². The highest BCUT2D eigenvalue weighted by Crippen LogP contribution is 2.25. The Bertz CT molecular complexity index is 453. The van der Waals surface area contributed by atoms with Gasteiger partial charge in [-0.3, -0.25) is 9.58 Å². The predicted molar refractivity (Wildman–Crippen MR) is 79.5 cm³/mol. The fourth-order valence-corrected chi connectivity index (χ4v) is 3.02. The third-order valence-electron chi connectivity index (χ3n) is 3.95. The van der Waals surface area contributed by atoms with Gasteiger partial charge >= 0.3 is 0 Å². The van der Waals surface area contributed by atoms with E-state index in [4.69, 9.17) is 11.6 Å². The molecule has 0 bridgehead atoms. The first-order valence-electron chi connectivity index (χ1n) is 7.03. The minimum absolute atomic E-state index is 0.158. The zero-order valence-corrected chi connectivity index (χ0v) is 13.4. The molecule has 1 aromatic heterocycles. The molecule has 1 aliphatic heterocycles. The van der Waals surface area contributed by atoms with Crippen LogP contribution >= 0.6 is 11.6 Å². The van der Waals surface area contributed by atoms with Gasteiger partial charge in [0, 0.05) is 38.3 Å². The van der Waals surface area contributed by atoms with Crippen LogP contribution in [0.4, 0.5) is 0 Å². The van der Waals surface area contributed by atoms with Crippen LogP contribution in [-0.4, -0.2) is 39.4 Å². The van der Waals surface area contributed by atoms with E-state index < -0.39 is 0 Å². The van der Waals surface area contributed by atoms with Gasteiger partial charge in [0.2, 0.25) is 0 Å². The van der Waals surface area contributed by atoms with Crippen LogP contribution in [0.3, 0.4) is 0 Å². The minimum atomic E-state index is 0.158. The lowest BCUT2D eigenvalue weighted by Crippen LogP contribution is -2.60. The van der Waals surface area contributed by atoms with Crippen LogP contribution in [0.1, 0.15) is 39.1 Å². The number of piperazine rings is 1. The average Bonchev–Trinajstić information content (AvgIpc) is 2.61. The molecule has 5 heteroatoms. The van der Waals surface area contributed by atoms with E-state index in [0.29, 0.717) is 6.04 Å². The summed E-state index contributed by atoms with van der Waals surface area (Å²) in [4.78, 5) is 2.48. The molecule has 0 spiro atoms. The monoisotopic (exact) mass is 284 g/mol. The van der Waals surface area contributed by atoms with E-state index in [2.05, 4.69) is 43.0 Å². The second kappa shape index (κ2) is 5.43. The number of hydrogen-bond acceptors (Lipinski definition) is 3. The molecule has 2 heterocycles. The van der Waals surface area contributed by atoms with Crippen LogP contribution in [0.5, 0.6) is 0 Å². The highest BCUT2D eigenvalue weighted by molar-refractivity contribution is 6.31. The molecule has 1 N–H and O–H groups in total. The van der Waals surface area contributed by atoms with Crippen molar-refractivity contribution in [2.24, 2.45) is 7.05 Å². The van der Waals surface area contributed by atoms with Crippen molar-refractivity contribution in [3.05, 3.63) is 16.4 Å². The van der Waals surface area contributed by atoms with E-state index in [1.54, 1.807) is 0 Å². The molecular formula is C14H25ClN4. The molecule has 0 radical (unpaired) electrons. The van der Waals surface area contributed by atoms with Gasteiger partial charge < -0.3 is 5.32 Å². The predicted octanol–water partition coefficient (Wildman–Crippen LogP) is 2.21. The topological polar surface area (TPSA) is 33.1 Å². The van der Waals surface area contributed by atoms with Crippen molar-refractivity contribution in [1.29, 1.82) is 0 Å². The maximum absolute atomic E-state index is 6.44. The number of nitrogens with one attached hydrogen (secondary N) is 1. The maximum atomic E-state index is 6.44. The first-order valence-corrected chi connectivity index (χ1v) is 7.41. The van der Waals surface area contributed by atoms with E-state index >= 15 is 0 Å². The van der Waals surface area contributed by atoms with Crippen molar-refractivity contribution in [2.75, 3.05) is 13.1 Å². The molecule has 0 saturated carbocycles. The van der Waals surface area contributed by atoms with Gasteiger partial charge in [-0.1, -0.05) is 18.5 Å². The van der Waals surface area contributed by atoms with Crippen molar-refractivity contribution in [3.63, 3.8) is 0 Å². The molecule has 1 atom stereocenters. The van der Waals surface area contributed by atoms with Gasteiger partial charge in [0.1, 0.15) is 0 Å². The van der Waals surface area contributed by atoms with Crippen molar-refractivity contribution in [3.8, 4) is 0 Å². The summed E-state index contributed by atoms with van der Waals surface area (Å²) >= 11 is 6.44. The summed E-state index contributed by atoms with van der Waals surface area (Å²) in [6.07, 6.45) is 0.884. The molecule has 4 nitrogen and oxygen atoms in total. The lowest BCUT2D eigenvalue weighted by Gasteiger charge is -2.43. The second-order valence-electron chi connectivity index (χ2n) is 6.20. The second-order valence-corrected chi connectivity index (χ2v) is 6.58. The Labute approximate surface area is 121 Å². The summed E-state index contributed by atoms with van der Waals surface area (Å²) in [7, 11) is 1.98. The molecule has 1 aliphatic rings. The van der Waals surface area contributed by atoms with Crippen molar-refractivity contribution >= 4 is 11.6 Å². The van der Waals surface area contributed by atoms with Gasteiger partial charge in [-0.25, -0.2) is 0 Å². The SMILES string of the molecule is CCc1nn(C)c(CN2CC(C)(C)NCC2C)c1Cl. The Morgan fingerprint density at radius 1 is 1.47 bits per heavy atom. The van der Waals surface area contributed by atoms with Gasteiger partial charge in [-0.15, -0.1) is 0 Å². The zero-order chi connectivity index (χ0) is 14.2. The summed E-state index contributed by atoms with van der Waals surface area (Å²) in [5.41, 5.74) is 2.29. The molecule has 0 aromatic carbocycles. The van der Waals surface area contributed by atoms with Gasteiger partial charge in [0.05, 0.1) is 16.4 Å². The van der Waals surface area contributed by atoms with E-state index in [-0.39, 0.29) is 5.54 Å². The van der Waals surface area contributed by atoms with Crippen molar-refractivity contribution in [2.45, 2.75) is 52.2 Å². The molecule has 1 unspecified atom stereocenters. The first kappa shape index (κ1) is 14.8. The van der Waals surface area contributed by atoms with Crippen LogP contribution in [0.15, 0.2) is 0 Å². The van der Waals surface area contributed by atoms with E-state index in [0.717, 1.165) is 42.5 Å². The lowest BCUT2D eigenvalue weighted by molar-refractivity contribution is 0.0953. The number of aromatic nitrogens is 2. The van der Waals surface area contributed by atoms with Crippen LogP contribution in [0, 0.1) is 0 Å². The number of nitrogens with zero attached hydrogens (tertiary/aromatic N) is 3. The smallest absolute Gasteiger partial charge is 0.0863 e. The Morgan fingerprint density at radius 3 is 2.74 bits per heavy atom. The van der Waals surface area contributed by atoms with Crippen LogP contribution in [0.2, 0.25) is 5.02 Å². The summed E-state index contributed by atoms with van der Waals surface area (Å²) in [5.74, 6) is 0. The summed E-state index contributed by atoms with van der Waals surface area (Å²) in [6.45, 7) is 11.7. The Kier molecular flexibility index (Phi) is 4.23. The van der Waals surface area contributed by atoms with E-state index in [1.165, 1.54) is 0 Å². The fraction of sp³-hybridized carbons (Fsp3) is 0.786. The lowest BCUT2D eigenvalue weighted by atomic mass is 9.99. The van der Waals surface area contributed by atoms with Crippen LogP contribution in [-0.2, 0) is 20.0 Å². The van der Waals surface area contributed by atoms with Gasteiger partial charge in [-0.05, 0) is 27.2 Å². The molecule has 19 heavy (non-hydrogen) atoms. The molecule has 2 rings (SSSR count). The van der Waals surface area contributed by atoms with Crippen LogP contribution in [0.25, 0.3) is 0 Å². The van der Waals surface area contributed by atoms with E-state index in [9.17, 15) is 0 Å². The normalized spacial score (nSPS) is 23.8. The summed E-state index contributed by atoms with van der Waals surface area (Å²) in [5, 5.41) is 8.91. The molecule has 1 fully saturated rings. The van der Waals surface area contributed by atoms with Gasteiger partial charge in [-0.2, -0.15) is 5.10 Å². The summed E-state index contributed by atoms with van der Waals surface area (Å²) < 4.78 is 1.93.